The van der Waals surface area contributed by atoms with Crippen LogP contribution in [-0.2, 0) is 9.47 Å². The Morgan fingerprint density at radius 1 is 0.846 bits per heavy atom. The Morgan fingerprint density at radius 3 is 1.92 bits per heavy atom. The molecule has 2 aliphatic carbocycles. The molecule has 4 heteroatoms. The van der Waals surface area contributed by atoms with Crippen LogP contribution in [0.25, 0.3) is 6.08 Å². The number of hydrogen-bond acceptors (Lipinski definition) is 4. The van der Waals surface area contributed by atoms with Crippen LogP contribution in [0.1, 0.15) is 90.5 Å². The molecule has 2 saturated carbocycles. The van der Waals surface area contributed by atoms with E-state index in [2.05, 4.69) is 6.58 Å². The normalized spacial score (nSPS) is 18.9. The van der Waals surface area contributed by atoms with Crippen molar-refractivity contribution in [2.45, 2.75) is 76.4 Å². The maximum atomic E-state index is 12.5. The van der Waals surface area contributed by atoms with Crippen molar-refractivity contribution >= 4 is 18.0 Å². The van der Waals surface area contributed by atoms with E-state index in [0.29, 0.717) is 16.7 Å². The second-order valence-corrected chi connectivity index (χ2v) is 7.34. The number of benzene rings is 1. The first-order valence-electron chi connectivity index (χ1n) is 9.86. The van der Waals surface area contributed by atoms with Crippen LogP contribution in [0.4, 0.5) is 0 Å². The average Bonchev–Trinajstić information content (AvgIpc) is 2.69. The molecule has 4 nitrogen and oxygen atoms in total. The van der Waals surface area contributed by atoms with Gasteiger partial charge in [0.1, 0.15) is 12.2 Å². The predicted molar refractivity (Wildman–Crippen MR) is 101 cm³/mol. The number of esters is 2. The summed E-state index contributed by atoms with van der Waals surface area (Å²) in [5.41, 5.74) is 1.53. The summed E-state index contributed by atoms with van der Waals surface area (Å²) in [5, 5.41) is 0. The zero-order valence-electron chi connectivity index (χ0n) is 15.4. The molecule has 0 heterocycles. The second kappa shape index (κ2) is 9.02. The fraction of sp³-hybridized carbons (Fsp3) is 0.545. The van der Waals surface area contributed by atoms with E-state index in [0.717, 1.165) is 51.4 Å². The van der Waals surface area contributed by atoms with Crippen LogP contribution in [0.15, 0.2) is 24.8 Å². The molecule has 1 aromatic carbocycles. The molecule has 140 valence electrons. The van der Waals surface area contributed by atoms with E-state index in [-0.39, 0.29) is 24.1 Å². The zero-order chi connectivity index (χ0) is 18.4. The summed E-state index contributed by atoms with van der Waals surface area (Å²) in [6.07, 6.45) is 12.2. The largest absolute Gasteiger partial charge is 0.459 e. The summed E-state index contributed by atoms with van der Waals surface area (Å²) in [5.74, 6) is -0.661. The molecule has 0 radical (unpaired) electrons. The molecule has 0 saturated heterocycles. The molecule has 0 amide bonds. The molecular formula is C22H28O4. The van der Waals surface area contributed by atoms with Crippen LogP contribution in [0.3, 0.4) is 0 Å². The highest BCUT2D eigenvalue weighted by Gasteiger charge is 2.22. The van der Waals surface area contributed by atoms with Crippen molar-refractivity contribution in [2.24, 2.45) is 0 Å². The average molecular weight is 356 g/mol. The van der Waals surface area contributed by atoms with Gasteiger partial charge in [0, 0.05) is 0 Å². The number of carbonyl (C=O) groups excluding carboxylic acids is 2. The van der Waals surface area contributed by atoms with Gasteiger partial charge >= 0.3 is 11.9 Å². The van der Waals surface area contributed by atoms with Crippen LogP contribution in [0.5, 0.6) is 0 Å². The van der Waals surface area contributed by atoms with Gasteiger partial charge in [0.2, 0.25) is 0 Å². The van der Waals surface area contributed by atoms with Gasteiger partial charge in [0.05, 0.1) is 11.1 Å². The van der Waals surface area contributed by atoms with Gasteiger partial charge in [-0.15, -0.1) is 0 Å². The van der Waals surface area contributed by atoms with Crippen molar-refractivity contribution in [3.05, 3.63) is 41.5 Å². The van der Waals surface area contributed by atoms with Crippen LogP contribution in [0.2, 0.25) is 0 Å². The lowest BCUT2D eigenvalue weighted by atomic mass is 9.97. The Bertz CT molecular complexity index is 652. The molecule has 3 rings (SSSR count). The Kier molecular flexibility index (Phi) is 6.48. The molecule has 0 aliphatic heterocycles. The third-order valence-corrected chi connectivity index (χ3v) is 5.38. The molecule has 0 spiro atoms. The first-order valence-corrected chi connectivity index (χ1v) is 9.86. The SMILES string of the molecule is C=Cc1cc(C(=O)OC2CCCCC2)ccc1C(=O)OC1CCCCC1. The fourth-order valence-electron chi connectivity index (χ4n) is 3.84. The van der Waals surface area contributed by atoms with Gasteiger partial charge in [-0.2, -0.15) is 0 Å². The zero-order valence-corrected chi connectivity index (χ0v) is 15.4. The smallest absolute Gasteiger partial charge is 0.339 e. The third-order valence-electron chi connectivity index (χ3n) is 5.38. The van der Waals surface area contributed by atoms with Crippen molar-refractivity contribution in [3.8, 4) is 0 Å². The lowest BCUT2D eigenvalue weighted by Gasteiger charge is -2.23. The summed E-state index contributed by atoms with van der Waals surface area (Å²) in [7, 11) is 0. The number of ether oxygens (including phenoxy) is 2. The van der Waals surface area contributed by atoms with Crippen molar-refractivity contribution in [2.75, 3.05) is 0 Å². The maximum absolute atomic E-state index is 12.5. The van der Waals surface area contributed by atoms with Crippen molar-refractivity contribution in [3.63, 3.8) is 0 Å². The van der Waals surface area contributed by atoms with Gasteiger partial charge in [-0.1, -0.05) is 25.5 Å². The maximum Gasteiger partial charge on any atom is 0.339 e. The molecule has 1 aromatic rings. The quantitative estimate of drug-likeness (QED) is 0.671. The molecule has 26 heavy (non-hydrogen) atoms. The van der Waals surface area contributed by atoms with E-state index in [1.165, 1.54) is 12.8 Å². The monoisotopic (exact) mass is 356 g/mol. The van der Waals surface area contributed by atoms with E-state index in [1.807, 2.05) is 0 Å². The molecule has 2 aliphatic rings. The van der Waals surface area contributed by atoms with E-state index >= 15 is 0 Å². The van der Waals surface area contributed by atoms with Gasteiger partial charge in [-0.25, -0.2) is 9.59 Å². The highest BCUT2D eigenvalue weighted by atomic mass is 16.5. The number of hydrogen-bond donors (Lipinski definition) is 0. The van der Waals surface area contributed by atoms with Crippen molar-refractivity contribution in [1.29, 1.82) is 0 Å². The number of carbonyl (C=O) groups is 2. The number of rotatable bonds is 5. The van der Waals surface area contributed by atoms with E-state index < -0.39 is 0 Å². The summed E-state index contributed by atoms with van der Waals surface area (Å²) in [6, 6.07) is 4.98. The van der Waals surface area contributed by atoms with Gasteiger partial charge in [-0.05, 0) is 75.1 Å². The Morgan fingerprint density at radius 2 is 1.38 bits per heavy atom. The Balaban J connectivity index is 1.67. The lowest BCUT2D eigenvalue weighted by molar-refractivity contribution is 0.0196. The van der Waals surface area contributed by atoms with E-state index in [9.17, 15) is 9.59 Å². The standard InChI is InChI=1S/C22H28O4/c1-2-16-15-17(21(23)25-18-9-5-3-6-10-18)13-14-20(16)22(24)26-19-11-7-4-8-12-19/h2,13-15,18-19H,1,3-12H2. The van der Waals surface area contributed by atoms with Gasteiger partial charge in [0.25, 0.3) is 0 Å². The van der Waals surface area contributed by atoms with E-state index in [4.69, 9.17) is 9.47 Å². The topological polar surface area (TPSA) is 52.6 Å². The van der Waals surface area contributed by atoms with Crippen molar-refractivity contribution < 1.29 is 19.1 Å². The summed E-state index contributed by atoms with van der Waals surface area (Å²) < 4.78 is 11.2. The lowest BCUT2D eigenvalue weighted by Crippen LogP contribution is -2.22. The van der Waals surface area contributed by atoms with Gasteiger partial charge in [-0.3, -0.25) is 0 Å². The minimum Gasteiger partial charge on any atom is -0.459 e. The van der Waals surface area contributed by atoms with E-state index in [1.54, 1.807) is 24.3 Å². The first-order chi connectivity index (χ1) is 12.7. The van der Waals surface area contributed by atoms with Crippen LogP contribution < -0.4 is 0 Å². The Hall–Kier alpha value is -2.10. The van der Waals surface area contributed by atoms with Gasteiger partial charge < -0.3 is 9.47 Å². The molecular weight excluding hydrogens is 328 g/mol. The molecule has 2 fully saturated rings. The van der Waals surface area contributed by atoms with Crippen LogP contribution in [-0.4, -0.2) is 24.1 Å². The Labute approximate surface area is 155 Å². The third kappa shape index (κ3) is 4.75. The second-order valence-electron chi connectivity index (χ2n) is 7.34. The molecule has 0 aromatic heterocycles. The van der Waals surface area contributed by atoms with Crippen LogP contribution in [0, 0.1) is 0 Å². The predicted octanol–water partition coefficient (Wildman–Crippen LogP) is 5.31. The molecule has 0 unspecified atom stereocenters. The summed E-state index contributed by atoms with van der Waals surface area (Å²) in [6.45, 7) is 3.78. The highest BCUT2D eigenvalue weighted by molar-refractivity contribution is 5.97. The molecule has 0 N–H and O–H groups in total. The fourth-order valence-corrected chi connectivity index (χ4v) is 3.84. The molecule has 0 atom stereocenters. The summed E-state index contributed by atoms with van der Waals surface area (Å²) >= 11 is 0. The minimum absolute atomic E-state index is 0.00450. The highest BCUT2D eigenvalue weighted by Crippen LogP contribution is 2.24. The minimum atomic E-state index is -0.334. The van der Waals surface area contributed by atoms with Crippen molar-refractivity contribution in [1.82, 2.24) is 0 Å². The van der Waals surface area contributed by atoms with Gasteiger partial charge in [0.15, 0.2) is 0 Å². The molecule has 0 bridgehead atoms. The van der Waals surface area contributed by atoms with Crippen LogP contribution >= 0.6 is 0 Å². The summed E-state index contributed by atoms with van der Waals surface area (Å²) in [4.78, 5) is 24.9. The first kappa shape index (κ1) is 18.7.